The lowest BCUT2D eigenvalue weighted by molar-refractivity contribution is -0.123. The third kappa shape index (κ3) is 5.24. The van der Waals surface area contributed by atoms with Crippen LogP contribution in [0, 0.1) is 6.92 Å². The second kappa shape index (κ2) is 10.1. The molecule has 7 heteroatoms. The number of halogens is 1. The Balaban J connectivity index is 1.50. The summed E-state index contributed by atoms with van der Waals surface area (Å²) >= 11 is 7.14. The van der Waals surface area contributed by atoms with Gasteiger partial charge < -0.3 is 9.47 Å². The Morgan fingerprint density at radius 3 is 2.42 bits per heavy atom. The SMILES string of the molecule is COc1cc(/C=C2\SC(=O)N(Cc3ccccc3C)C2=O)ccc1OCc1ccccc1Cl. The molecule has 0 aliphatic carbocycles. The lowest BCUT2D eigenvalue weighted by Gasteiger charge is -2.14. The van der Waals surface area contributed by atoms with Crippen LogP contribution in [0.25, 0.3) is 6.08 Å². The average molecular weight is 480 g/mol. The molecule has 0 unspecified atom stereocenters. The van der Waals surface area contributed by atoms with Gasteiger partial charge >= 0.3 is 0 Å². The molecule has 1 aliphatic heterocycles. The highest BCUT2D eigenvalue weighted by Crippen LogP contribution is 2.36. The topological polar surface area (TPSA) is 55.8 Å². The summed E-state index contributed by atoms with van der Waals surface area (Å²) in [5.41, 5.74) is 3.59. The van der Waals surface area contributed by atoms with Crippen LogP contribution in [-0.4, -0.2) is 23.2 Å². The minimum absolute atomic E-state index is 0.257. The van der Waals surface area contributed by atoms with E-state index in [1.807, 2.05) is 61.5 Å². The number of hydrogen-bond donors (Lipinski definition) is 0. The van der Waals surface area contributed by atoms with Crippen molar-refractivity contribution in [3.05, 3.63) is 98.9 Å². The smallest absolute Gasteiger partial charge is 0.293 e. The molecule has 1 saturated heterocycles. The highest BCUT2D eigenvalue weighted by molar-refractivity contribution is 8.18. The molecule has 4 rings (SSSR count). The van der Waals surface area contributed by atoms with Gasteiger partial charge in [-0.25, -0.2) is 0 Å². The maximum Gasteiger partial charge on any atom is 0.293 e. The van der Waals surface area contributed by atoms with Gasteiger partial charge in [-0.2, -0.15) is 0 Å². The van der Waals surface area contributed by atoms with E-state index in [4.69, 9.17) is 21.1 Å². The Hall–Kier alpha value is -3.22. The third-order valence-electron chi connectivity index (χ3n) is 5.29. The van der Waals surface area contributed by atoms with Gasteiger partial charge in [-0.1, -0.05) is 60.1 Å². The van der Waals surface area contributed by atoms with Gasteiger partial charge in [0.15, 0.2) is 11.5 Å². The first-order chi connectivity index (χ1) is 16.0. The maximum absolute atomic E-state index is 12.9. The molecule has 1 heterocycles. The van der Waals surface area contributed by atoms with Crippen molar-refractivity contribution >= 4 is 40.6 Å². The molecule has 168 valence electrons. The van der Waals surface area contributed by atoms with E-state index >= 15 is 0 Å². The van der Waals surface area contributed by atoms with Gasteiger partial charge in [0.2, 0.25) is 0 Å². The monoisotopic (exact) mass is 479 g/mol. The Bertz CT molecular complexity index is 1240. The number of aryl methyl sites for hydroxylation is 1. The average Bonchev–Trinajstić information content (AvgIpc) is 3.07. The summed E-state index contributed by atoms with van der Waals surface area (Å²) in [5.74, 6) is 0.781. The van der Waals surface area contributed by atoms with Crippen LogP contribution in [0.1, 0.15) is 22.3 Å². The van der Waals surface area contributed by atoms with E-state index in [0.717, 1.165) is 34.0 Å². The number of ether oxygens (including phenoxy) is 2. The molecule has 0 radical (unpaired) electrons. The molecule has 3 aromatic rings. The summed E-state index contributed by atoms with van der Waals surface area (Å²) < 4.78 is 11.4. The first kappa shape index (κ1) is 23.0. The minimum Gasteiger partial charge on any atom is -0.493 e. The molecular formula is C26H22ClNO4S. The summed E-state index contributed by atoms with van der Waals surface area (Å²) in [4.78, 5) is 27.0. The second-order valence-electron chi connectivity index (χ2n) is 7.48. The Labute approximate surface area is 202 Å². The minimum atomic E-state index is -0.300. The number of imide groups is 1. The molecule has 0 bridgehead atoms. The highest BCUT2D eigenvalue weighted by atomic mass is 35.5. The van der Waals surface area contributed by atoms with Crippen LogP contribution >= 0.6 is 23.4 Å². The number of amides is 2. The lowest BCUT2D eigenvalue weighted by atomic mass is 10.1. The summed E-state index contributed by atoms with van der Waals surface area (Å²) in [6.07, 6.45) is 1.70. The van der Waals surface area contributed by atoms with Crippen molar-refractivity contribution in [1.82, 2.24) is 4.90 Å². The fourth-order valence-electron chi connectivity index (χ4n) is 3.41. The number of thioether (sulfide) groups is 1. The fraction of sp³-hybridized carbons (Fsp3) is 0.154. The van der Waals surface area contributed by atoms with Crippen molar-refractivity contribution in [1.29, 1.82) is 0 Å². The lowest BCUT2D eigenvalue weighted by Crippen LogP contribution is -2.27. The molecule has 1 aliphatic rings. The fourth-order valence-corrected chi connectivity index (χ4v) is 4.44. The van der Waals surface area contributed by atoms with Crippen LogP contribution in [-0.2, 0) is 17.9 Å². The molecular weight excluding hydrogens is 458 g/mol. The third-order valence-corrected chi connectivity index (χ3v) is 6.57. The van der Waals surface area contributed by atoms with Gasteiger partial charge in [-0.3, -0.25) is 14.5 Å². The van der Waals surface area contributed by atoms with Crippen molar-refractivity contribution in [3.8, 4) is 11.5 Å². The van der Waals surface area contributed by atoms with Gasteiger partial charge in [0, 0.05) is 10.6 Å². The van der Waals surface area contributed by atoms with Crippen LogP contribution in [0.3, 0.4) is 0 Å². The van der Waals surface area contributed by atoms with Gasteiger partial charge in [0.25, 0.3) is 11.1 Å². The summed E-state index contributed by atoms with van der Waals surface area (Å²) in [7, 11) is 1.55. The number of rotatable bonds is 7. The predicted molar refractivity (Wildman–Crippen MR) is 131 cm³/mol. The van der Waals surface area contributed by atoms with E-state index in [-0.39, 0.29) is 17.7 Å². The number of carbonyl (C=O) groups excluding carboxylic acids is 2. The molecule has 0 saturated carbocycles. The number of methoxy groups -OCH3 is 1. The Kier molecular flexibility index (Phi) is 7.06. The predicted octanol–water partition coefficient (Wildman–Crippen LogP) is 6.47. The van der Waals surface area contributed by atoms with Crippen LogP contribution in [0.15, 0.2) is 71.6 Å². The van der Waals surface area contributed by atoms with E-state index < -0.39 is 0 Å². The highest BCUT2D eigenvalue weighted by Gasteiger charge is 2.35. The molecule has 0 N–H and O–H groups in total. The zero-order valence-electron chi connectivity index (χ0n) is 18.2. The molecule has 3 aromatic carbocycles. The van der Waals surface area contributed by atoms with Gasteiger partial charge in [-0.05, 0) is 59.7 Å². The van der Waals surface area contributed by atoms with Crippen molar-refractivity contribution in [2.75, 3.05) is 7.11 Å². The first-order valence-electron chi connectivity index (χ1n) is 10.3. The first-order valence-corrected chi connectivity index (χ1v) is 11.5. The normalized spacial score (nSPS) is 14.8. The molecule has 2 amide bonds. The number of hydrogen-bond acceptors (Lipinski definition) is 5. The van der Waals surface area contributed by atoms with E-state index in [0.29, 0.717) is 28.0 Å². The van der Waals surface area contributed by atoms with Crippen LogP contribution < -0.4 is 9.47 Å². The molecule has 5 nitrogen and oxygen atoms in total. The molecule has 0 atom stereocenters. The standard InChI is InChI=1S/C26H22ClNO4S/c1-17-7-3-4-8-19(17)15-28-25(29)24(33-26(28)30)14-18-11-12-22(23(13-18)31-2)32-16-20-9-5-6-10-21(20)27/h3-14H,15-16H2,1-2H3/b24-14-. The van der Waals surface area contributed by atoms with Crippen LogP contribution in [0.2, 0.25) is 5.02 Å². The van der Waals surface area contributed by atoms with Gasteiger partial charge in [0.05, 0.1) is 18.6 Å². The largest absolute Gasteiger partial charge is 0.493 e. The van der Waals surface area contributed by atoms with Crippen molar-refractivity contribution in [3.63, 3.8) is 0 Å². The summed E-state index contributed by atoms with van der Waals surface area (Å²) in [6.45, 7) is 2.52. The van der Waals surface area contributed by atoms with Crippen molar-refractivity contribution in [2.45, 2.75) is 20.1 Å². The van der Waals surface area contributed by atoms with Gasteiger partial charge in [-0.15, -0.1) is 0 Å². The number of carbonyl (C=O) groups is 2. The molecule has 0 spiro atoms. The zero-order chi connectivity index (χ0) is 23.4. The van der Waals surface area contributed by atoms with E-state index in [9.17, 15) is 9.59 Å². The quantitative estimate of drug-likeness (QED) is 0.363. The van der Waals surface area contributed by atoms with E-state index in [1.165, 1.54) is 4.90 Å². The Morgan fingerprint density at radius 1 is 0.970 bits per heavy atom. The number of benzene rings is 3. The molecule has 0 aromatic heterocycles. The van der Waals surface area contributed by atoms with Gasteiger partial charge in [0.1, 0.15) is 6.61 Å². The van der Waals surface area contributed by atoms with E-state index in [1.54, 1.807) is 25.3 Å². The molecule has 1 fully saturated rings. The van der Waals surface area contributed by atoms with E-state index in [2.05, 4.69) is 0 Å². The van der Waals surface area contributed by atoms with Crippen LogP contribution in [0.5, 0.6) is 11.5 Å². The van der Waals surface area contributed by atoms with Crippen LogP contribution in [0.4, 0.5) is 4.79 Å². The summed E-state index contributed by atoms with van der Waals surface area (Å²) in [5, 5.41) is 0.357. The summed E-state index contributed by atoms with van der Waals surface area (Å²) in [6, 6.07) is 20.6. The molecule has 33 heavy (non-hydrogen) atoms. The number of nitrogens with zero attached hydrogens (tertiary/aromatic N) is 1. The Morgan fingerprint density at radius 2 is 1.70 bits per heavy atom. The maximum atomic E-state index is 12.9. The zero-order valence-corrected chi connectivity index (χ0v) is 19.8. The second-order valence-corrected chi connectivity index (χ2v) is 8.89. The van der Waals surface area contributed by atoms with Crippen molar-refractivity contribution < 1.29 is 19.1 Å². The van der Waals surface area contributed by atoms with Crippen molar-refractivity contribution in [2.24, 2.45) is 0 Å².